The van der Waals surface area contributed by atoms with Gasteiger partial charge in [0.05, 0.1) is 6.10 Å². The fourth-order valence-electron chi connectivity index (χ4n) is 2.05. The zero-order chi connectivity index (χ0) is 10.5. The lowest BCUT2D eigenvalue weighted by atomic mass is 9.82. The normalized spacial score (nSPS) is 24.9. The van der Waals surface area contributed by atoms with Crippen LogP contribution in [0.25, 0.3) is 0 Å². The Balaban J connectivity index is 1.60. The Bertz CT molecular complexity index is 280. The Morgan fingerprint density at radius 2 is 2.00 bits per heavy atom. The van der Waals surface area contributed by atoms with Crippen molar-refractivity contribution in [3.05, 3.63) is 35.9 Å². The van der Waals surface area contributed by atoms with Crippen molar-refractivity contribution in [3.8, 4) is 0 Å². The molecule has 0 spiro atoms. The zero-order valence-electron chi connectivity index (χ0n) is 9.28. The minimum atomic E-state index is 0.522. The van der Waals surface area contributed by atoms with Crippen molar-refractivity contribution in [2.24, 2.45) is 5.92 Å². The number of rotatable bonds is 5. The van der Waals surface area contributed by atoms with Crippen molar-refractivity contribution in [3.63, 3.8) is 0 Å². The van der Waals surface area contributed by atoms with Crippen molar-refractivity contribution >= 4 is 0 Å². The van der Waals surface area contributed by atoms with Gasteiger partial charge < -0.3 is 10.1 Å². The first-order valence-corrected chi connectivity index (χ1v) is 5.66. The van der Waals surface area contributed by atoms with E-state index in [2.05, 4.69) is 35.6 Å². The minimum absolute atomic E-state index is 0.522. The molecule has 0 atom stereocenters. The molecule has 1 aromatic carbocycles. The zero-order valence-corrected chi connectivity index (χ0v) is 9.28. The molecule has 1 aromatic rings. The summed E-state index contributed by atoms with van der Waals surface area (Å²) in [5.41, 5.74) is 1.36. The highest BCUT2D eigenvalue weighted by molar-refractivity contribution is 5.14. The van der Waals surface area contributed by atoms with E-state index >= 15 is 0 Å². The van der Waals surface area contributed by atoms with E-state index in [1.807, 2.05) is 0 Å². The molecule has 1 saturated carbocycles. The quantitative estimate of drug-likeness (QED) is 0.795. The highest BCUT2D eigenvalue weighted by atomic mass is 16.5. The molecule has 2 nitrogen and oxygen atoms in total. The second-order valence-corrected chi connectivity index (χ2v) is 4.31. The third-order valence-electron chi connectivity index (χ3n) is 3.13. The van der Waals surface area contributed by atoms with Crippen LogP contribution in [0.4, 0.5) is 0 Å². The van der Waals surface area contributed by atoms with Crippen LogP contribution in [-0.2, 0) is 11.3 Å². The summed E-state index contributed by atoms with van der Waals surface area (Å²) >= 11 is 0. The van der Waals surface area contributed by atoms with E-state index in [4.69, 9.17) is 4.74 Å². The fourth-order valence-corrected chi connectivity index (χ4v) is 2.05. The summed E-state index contributed by atoms with van der Waals surface area (Å²) in [5, 5.41) is 3.49. The first-order chi connectivity index (χ1) is 7.38. The summed E-state index contributed by atoms with van der Waals surface area (Å²) in [6.07, 6.45) is 2.96. The van der Waals surface area contributed by atoms with Crippen molar-refractivity contribution in [1.82, 2.24) is 5.32 Å². The third-order valence-corrected chi connectivity index (χ3v) is 3.13. The van der Waals surface area contributed by atoms with Gasteiger partial charge in [-0.15, -0.1) is 0 Å². The van der Waals surface area contributed by atoms with Gasteiger partial charge in [0.25, 0.3) is 0 Å². The van der Waals surface area contributed by atoms with Crippen LogP contribution >= 0.6 is 0 Å². The van der Waals surface area contributed by atoms with Gasteiger partial charge in [-0.25, -0.2) is 0 Å². The van der Waals surface area contributed by atoms with E-state index in [-0.39, 0.29) is 0 Å². The maximum absolute atomic E-state index is 5.25. The van der Waals surface area contributed by atoms with Gasteiger partial charge in [-0.3, -0.25) is 0 Å². The highest BCUT2D eigenvalue weighted by Crippen LogP contribution is 2.28. The topological polar surface area (TPSA) is 21.3 Å². The standard InChI is InChI=1S/C13H19NO/c1-15-13-7-12(8-13)10-14-9-11-5-3-2-4-6-11/h2-6,12-14H,7-10H2,1H3/t12-,13+. The SMILES string of the molecule is CO[C@H]1C[C@@H](CNCc2ccccc2)C1. The molecule has 0 amide bonds. The van der Waals surface area contributed by atoms with Crippen molar-refractivity contribution < 1.29 is 4.74 Å². The molecule has 0 unspecified atom stereocenters. The van der Waals surface area contributed by atoms with Crippen LogP contribution in [0.1, 0.15) is 18.4 Å². The molecule has 1 aliphatic carbocycles. The average molecular weight is 205 g/mol. The van der Waals surface area contributed by atoms with Gasteiger partial charge in [0.1, 0.15) is 0 Å². The van der Waals surface area contributed by atoms with Crippen molar-refractivity contribution in [2.75, 3.05) is 13.7 Å². The molecule has 0 heterocycles. The van der Waals surface area contributed by atoms with Crippen LogP contribution in [0, 0.1) is 5.92 Å². The van der Waals surface area contributed by atoms with Gasteiger partial charge in [-0.2, -0.15) is 0 Å². The molecular weight excluding hydrogens is 186 g/mol. The maximum Gasteiger partial charge on any atom is 0.0577 e. The lowest BCUT2D eigenvalue weighted by Crippen LogP contribution is -2.37. The number of hydrogen-bond donors (Lipinski definition) is 1. The molecule has 2 rings (SSSR count). The summed E-state index contributed by atoms with van der Waals surface area (Å²) < 4.78 is 5.25. The molecule has 0 saturated heterocycles. The predicted octanol–water partition coefficient (Wildman–Crippen LogP) is 2.20. The molecule has 1 aliphatic rings. The van der Waals surface area contributed by atoms with Crippen LogP contribution in [0.15, 0.2) is 30.3 Å². The van der Waals surface area contributed by atoms with Gasteiger partial charge >= 0.3 is 0 Å². The molecule has 0 aromatic heterocycles. The summed E-state index contributed by atoms with van der Waals surface area (Å²) in [4.78, 5) is 0. The smallest absolute Gasteiger partial charge is 0.0577 e. The predicted molar refractivity (Wildman–Crippen MR) is 61.7 cm³/mol. The Morgan fingerprint density at radius 1 is 1.27 bits per heavy atom. The molecule has 2 heteroatoms. The molecule has 82 valence electrons. The van der Waals surface area contributed by atoms with Gasteiger partial charge in [0.2, 0.25) is 0 Å². The number of benzene rings is 1. The highest BCUT2D eigenvalue weighted by Gasteiger charge is 2.28. The second-order valence-electron chi connectivity index (χ2n) is 4.31. The Labute approximate surface area is 91.6 Å². The lowest BCUT2D eigenvalue weighted by molar-refractivity contribution is 0.00154. The molecule has 15 heavy (non-hydrogen) atoms. The first kappa shape index (κ1) is 10.7. The van der Waals surface area contributed by atoms with Crippen LogP contribution in [0.2, 0.25) is 0 Å². The van der Waals surface area contributed by atoms with Gasteiger partial charge in [0.15, 0.2) is 0 Å². The number of ether oxygens (including phenoxy) is 1. The van der Waals surface area contributed by atoms with Crippen LogP contribution in [-0.4, -0.2) is 19.8 Å². The van der Waals surface area contributed by atoms with Crippen LogP contribution in [0.5, 0.6) is 0 Å². The molecule has 1 N–H and O–H groups in total. The molecule has 0 aliphatic heterocycles. The van der Waals surface area contributed by atoms with E-state index in [1.54, 1.807) is 7.11 Å². The van der Waals surface area contributed by atoms with E-state index in [0.717, 1.165) is 19.0 Å². The number of nitrogens with one attached hydrogen (secondary N) is 1. The van der Waals surface area contributed by atoms with Gasteiger partial charge in [0, 0.05) is 13.7 Å². The lowest BCUT2D eigenvalue weighted by Gasteiger charge is -2.34. The summed E-state index contributed by atoms with van der Waals surface area (Å²) in [6, 6.07) is 10.5. The van der Waals surface area contributed by atoms with Gasteiger partial charge in [-0.05, 0) is 30.9 Å². The number of methoxy groups -OCH3 is 1. The van der Waals surface area contributed by atoms with Crippen molar-refractivity contribution in [1.29, 1.82) is 0 Å². The monoisotopic (exact) mass is 205 g/mol. The first-order valence-electron chi connectivity index (χ1n) is 5.66. The molecular formula is C13H19NO. The summed E-state index contributed by atoms with van der Waals surface area (Å²) in [6.45, 7) is 2.10. The summed E-state index contributed by atoms with van der Waals surface area (Å²) in [5.74, 6) is 0.818. The largest absolute Gasteiger partial charge is 0.381 e. The third kappa shape index (κ3) is 3.05. The van der Waals surface area contributed by atoms with Crippen molar-refractivity contribution in [2.45, 2.75) is 25.5 Å². The Morgan fingerprint density at radius 3 is 2.67 bits per heavy atom. The summed E-state index contributed by atoms with van der Waals surface area (Å²) in [7, 11) is 1.80. The minimum Gasteiger partial charge on any atom is -0.381 e. The molecule has 0 bridgehead atoms. The van der Waals surface area contributed by atoms with E-state index < -0.39 is 0 Å². The van der Waals surface area contributed by atoms with Crippen LogP contribution in [0.3, 0.4) is 0 Å². The molecule has 1 fully saturated rings. The van der Waals surface area contributed by atoms with Gasteiger partial charge in [-0.1, -0.05) is 30.3 Å². The Kier molecular flexibility index (Phi) is 3.75. The van der Waals surface area contributed by atoms with Crippen LogP contribution < -0.4 is 5.32 Å². The maximum atomic E-state index is 5.25. The van der Waals surface area contributed by atoms with E-state index in [0.29, 0.717) is 6.10 Å². The second kappa shape index (κ2) is 5.29. The number of hydrogen-bond acceptors (Lipinski definition) is 2. The van der Waals surface area contributed by atoms with E-state index in [9.17, 15) is 0 Å². The molecule has 0 radical (unpaired) electrons. The Hall–Kier alpha value is -0.860. The average Bonchev–Trinajstić information content (AvgIpc) is 2.23. The van der Waals surface area contributed by atoms with E-state index in [1.165, 1.54) is 18.4 Å². The fraction of sp³-hybridized carbons (Fsp3) is 0.538.